The monoisotopic (exact) mass is 391 g/mol. The van der Waals surface area contributed by atoms with Crippen LogP contribution in [-0.2, 0) is 4.79 Å². The Hall–Kier alpha value is -2.34. The Balaban J connectivity index is 2.09. The van der Waals surface area contributed by atoms with Crippen LogP contribution in [0.2, 0.25) is 0 Å². The van der Waals surface area contributed by atoms with E-state index < -0.39 is 6.10 Å². The predicted molar refractivity (Wildman–Crippen MR) is 95.9 cm³/mol. The van der Waals surface area contributed by atoms with Gasteiger partial charge in [0.2, 0.25) is 0 Å². The highest BCUT2D eigenvalue weighted by Gasteiger charge is 2.18. The highest BCUT2D eigenvalue weighted by atomic mass is 79.9. The molecule has 1 amide bonds. The van der Waals surface area contributed by atoms with Gasteiger partial charge in [-0.1, -0.05) is 22.0 Å². The van der Waals surface area contributed by atoms with Crippen LogP contribution in [0.3, 0.4) is 0 Å². The third-order valence-corrected chi connectivity index (χ3v) is 3.83. The van der Waals surface area contributed by atoms with Crippen LogP contribution >= 0.6 is 15.9 Å². The average molecular weight is 392 g/mol. The second-order valence-corrected chi connectivity index (χ2v) is 6.10. The van der Waals surface area contributed by atoms with E-state index in [2.05, 4.69) is 21.2 Å². The molecule has 0 heterocycles. The first-order chi connectivity index (χ1) is 11.4. The number of rotatable bonds is 6. The maximum Gasteiger partial charge on any atom is 0.265 e. The first kappa shape index (κ1) is 18.0. The molecule has 0 aliphatic heterocycles. The number of benzene rings is 2. The quantitative estimate of drug-likeness (QED) is 0.753. The number of halogens is 1. The molecular formula is C18H18BrNO4. The molecule has 0 saturated heterocycles. The van der Waals surface area contributed by atoms with E-state index in [1.165, 1.54) is 14.0 Å². The average Bonchev–Trinajstić information content (AvgIpc) is 2.54. The third kappa shape index (κ3) is 4.58. The summed E-state index contributed by atoms with van der Waals surface area (Å²) in [5.74, 6) is 0.454. The summed E-state index contributed by atoms with van der Waals surface area (Å²) in [7, 11) is 1.48. The van der Waals surface area contributed by atoms with Crippen LogP contribution in [0.1, 0.15) is 24.2 Å². The van der Waals surface area contributed by atoms with E-state index in [0.717, 1.165) is 4.47 Å². The van der Waals surface area contributed by atoms with E-state index in [0.29, 0.717) is 22.7 Å². The molecule has 5 nitrogen and oxygen atoms in total. The maximum atomic E-state index is 12.3. The van der Waals surface area contributed by atoms with Gasteiger partial charge in [0.15, 0.2) is 23.4 Å². The Labute approximate surface area is 149 Å². The lowest BCUT2D eigenvalue weighted by atomic mass is 10.1. The van der Waals surface area contributed by atoms with Crippen molar-refractivity contribution in [3.05, 3.63) is 52.5 Å². The molecule has 2 aromatic rings. The second kappa shape index (κ2) is 7.97. The minimum atomic E-state index is -0.735. The third-order valence-electron chi connectivity index (χ3n) is 3.34. The highest BCUT2D eigenvalue weighted by Crippen LogP contribution is 2.29. The number of hydrogen-bond donors (Lipinski definition) is 1. The number of methoxy groups -OCH3 is 1. The van der Waals surface area contributed by atoms with Crippen molar-refractivity contribution in [1.29, 1.82) is 0 Å². The van der Waals surface area contributed by atoms with Gasteiger partial charge in [-0.15, -0.1) is 0 Å². The molecule has 0 saturated carbocycles. The largest absolute Gasteiger partial charge is 0.493 e. The summed E-state index contributed by atoms with van der Waals surface area (Å²) in [6.45, 7) is 3.12. The summed E-state index contributed by atoms with van der Waals surface area (Å²) >= 11 is 3.35. The zero-order valence-corrected chi connectivity index (χ0v) is 15.2. The smallest absolute Gasteiger partial charge is 0.265 e. The van der Waals surface area contributed by atoms with Crippen molar-refractivity contribution >= 4 is 33.3 Å². The van der Waals surface area contributed by atoms with Gasteiger partial charge in [-0.2, -0.15) is 0 Å². The minimum absolute atomic E-state index is 0.0692. The number of carbonyl (C=O) groups excluding carboxylic acids is 2. The fraction of sp³-hybridized carbons (Fsp3) is 0.222. The van der Waals surface area contributed by atoms with E-state index in [1.54, 1.807) is 37.3 Å². The fourth-order valence-corrected chi connectivity index (χ4v) is 2.44. The maximum absolute atomic E-state index is 12.3. The van der Waals surface area contributed by atoms with Gasteiger partial charge in [-0.3, -0.25) is 9.59 Å². The van der Waals surface area contributed by atoms with Gasteiger partial charge in [-0.25, -0.2) is 0 Å². The molecule has 0 aromatic heterocycles. The SMILES string of the molecule is COc1cc(C(C)=O)ccc1O[C@H](C)C(=O)Nc1cccc(Br)c1. The number of amides is 1. The Kier molecular flexibility index (Phi) is 5.98. The summed E-state index contributed by atoms with van der Waals surface area (Å²) in [6.07, 6.45) is -0.735. The summed E-state index contributed by atoms with van der Waals surface area (Å²) in [6, 6.07) is 12.1. The number of ether oxygens (including phenoxy) is 2. The van der Waals surface area contributed by atoms with Gasteiger partial charge in [0.1, 0.15) is 0 Å². The van der Waals surface area contributed by atoms with Gasteiger partial charge < -0.3 is 14.8 Å². The van der Waals surface area contributed by atoms with Crippen LogP contribution < -0.4 is 14.8 Å². The summed E-state index contributed by atoms with van der Waals surface area (Å²) in [5, 5.41) is 2.78. The number of ketones is 1. The number of carbonyl (C=O) groups is 2. The molecule has 1 N–H and O–H groups in total. The topological polar surface area (TPSA) is 64.6 Å². The van der Waals surface area contributed by atoms with Crippen molar-refractivity contribution in [3.63, 3.8) is 0 Å². The first-order valence-corrected chi connectivity index (χ1v) is 8.12. The van der Waals surface area contributed by atoms with Crippen molar-refractivity contribution in [3.8, 4) is 11.5 Å². The van der Waals surface area contributed by atoms with Gasteiger partial charge in [0.25, 0.3) is 5.91 Å². The highest BCUT2D eigenvalue weighted by molar-refractivity contribution is 9.10. The minimum Gasteiger partial charge on any atom is -0.493 e. The number of nitrogens with one attached hydrogen (secondary N) is 1. The van der Waals surface area contributed by atoms with Crippen molar-refractivity contribution in [2.75, 3.05) is 12.4 Å². The molecule has 0 radical (unpaired) electrons. The van der Waals surface area contributed by atoms with Crippen LogP contribution in [0, 0.1) is 0 Å². The Bertz CT molecular complexity index is 760. The standard InChI is InChI=1S/C18H18BrNO4/c1-11(21)13-7-8-16(17(9-13)23-3)24-12(2)18(22)20-15-6-4-5-14(19)10-15/h4-10,12H,1-3H3,(H,20,22)/t12-/m1/s1. The van der Waals surface area contributed by atoms with Crippen LogP contribution in [0.5, 0.6) is 11.5 Å². The van der Waals surface area contributed by atoms with E-state index >= 15 is 0 Å². The lowest BCUT2D eigenvalue weighted by molar-refractivity contribution is -0.122. The van der Waals surface area contributed by atoms with Gasteiger partial charge in [-0.05, 0) is 50.2 Å². The van der Waals surface area contributed by atoms with E-state index in [1.807, 2.05) is 12.1 Å². The molecule has 1 atom stereocenters. The van der Waals surface area contributed by atoms with Crippen LogP contribution in [0.25, 0.3) is 0 Å². The second-order valence-electron chi connectivity index (χ2n) is 5.18. The number of Topliss-reactive ketones (excluding diaryl/α,β-unsaturated/α-hetero) is 1. The van der Waals surface area contributed by atoms with Crippen molar-refractivity contribution < 1.29 is 19.1 Å². The predicted octanol–water partition coefficient (Wildman–Crippen LogP) is 4.07. The lowest BCUT2D eigenvalue weighted by Crippen LogP contribution is -2.30. The summed E-state index contributed by atoms with van der Waals surface area (Å²) in [5.41, 5.74) is 1.19. The Morgan fingerprint density at radius 1 is 1.12 bits per heavy atom. The van der Waals surface area contributed by atoms with Crippen LogP contribution in [0.4, 0.5) is 5.69 Å². The van der Waals surface area contributed by atoms with Gasteiger partial charge in [0, 0.05) is 15.7 Å². The first-order valence-electron chi connectivity index (χ1n) is 7.32. The summed E-state index contributed by atoms with van der Waals surface area (Å²) in [4.78, 5) is 23.7. The van der Waals surface area contributed by atoms with E-state index in [4.69, 9.17) is 9.47 Å². The molecule has 6 heteroatoms. The molecule has 2 rings (SSSR count). The normalized spacial score (nSPS) is 11.5. The summed E-state index contributed by atoms with van der Waals surface area (Å²) < 4.78 is 11.8. The Morgan fingerprint density at radius 2 is 1.88 bits per heavy atom. The van der Waals surface area contributed by atoms with E-state index in [-0.39, 0.29) is 11.7 Å². The van der Waals surface area contributed by atoms with Crippen molar-refractivity contribution in [1.82, 2.24) is 0 Å². The van der Waals surface area contributed by atoms with Crippen molar-refractivity contribution in [2.24, 2.45) is 0 Å². The van der Waals surface area contributed by atoms with Gasteiger partial charge >= 0.3 is 0 Å². The Morgan fingerprint density at radius 3 is 2.50 bits per heavy atom. The number of anilines is 1. The van der Waals surface area contributed by atoms with Gasteiger partial charge in [0.05, 0.1) is 7.11 Å². The molecule has 24 heavy (non-hydrogen) atoms. The molecule has 0 aliphatic rings. The number of hydrogen-bond acceptors (Lipinski definition) is 4. The van der Waals surface area contributed by atoms with Crippen LogP contribution in [-0.4, -0.2) is 24.9 Å². The molecule has 0 spiro atoms. The molecular weight excluding hydrogens is 374 g/mol. The van der Waals surface area contributed by atoms with E-state index in [9.17, 15) is 9.59 Å². The zero-order valence-electron chi connectivity index (χ0n) is 13.6. The lowest BCUT2D eigenvalue weighted by Gasteiger charge is -2.17. The molecule has 2 aromatic carbocycles. The zero-order chi connectivity index (χ0) is 17.7. The van der Waals surface area contributed by atoms with Crippen LogP contribution in [0.15, 0.2) is 46.9 Å². The fourth-order valence-electron chi connectivity index (χ4n) is 2.04. The molecule has 0 bridgehead atoms. The molecule has 0 aliphatic carbocycles. The molecule has 0 fully saturated rings. The molecule has 126 valence electrons. The van der Waals surface area contributed by atoms with Crippen molar-refractivity contribution in [2.45, 2.75) is 20.0 Å². The molecule has 0 unspecified atom stereocenters.